The van der Waals surface area contributed by atoms with Crippen LogP contribution in [-0.4, -0.2) is 11.9 Å². The standard InChI is InChI=1S/C15H15Cl2N3O/c16-10-4-9(5-11(17)6-10)12-7-1-2-8(3-7)13(12)14(21)20-15(18)19/h1-2,4-8,12-13H,3H2,(H4,18,19,20,21)/t7?,8?,12-,13+/m0/s1. The number of nitrogens with two attached hydrogens (primary N) is 2. The van der Waals surface area contributed by atoms with E-state index in [2.05, 4.69) is 17.1 Å². The Labute approximate surface area is 132 Å². The van der Waals surface area contributed by atoms with Gasteiger partial charge in [-0.3, -0.25) is 4.79 Å². The van der Waals surface area contributed by atoms with Crippen LogP contribution >= 0.6 is 23.2 Å². The van der Waals surface area contributed by atoms with E-state index in [9.17, 15) is 4.79 Å². The van der Waals surface area contributed by atoms with Gasteiger partial charge in [0.05, 0.1) is 5.92 Å². The maximum Gasteiger partial charge on any atom is 0.253 e. The molecule has 1 aromatic rings. The second-order valence-electron chi connectivity index (χ2n) is 5.58. The molecule has 1 aromatic carbocycles. The summed E-state index contributed by atoms with van der Waals surface area (Å²) in [6.07, 6.45) is 5.17. The average Bonchev–Trinajstić information content (AvgIpc) is 2.96. The zero-order valence-corrected chi connectivity index (χ0v) is 12.7. The number of hydrogen-bond acceptors (Lipinski definition) is 1. The quantitative estimate of drug-likeness (QED) is 0.498. The molecule has 2 bridgehead atoms. The second kappa shape index (κ2) is 5.35. The summed E-state index contributed by atoms with van der Waals surface area (Å²) < 4.78 is 0. The molecule has 2 aliphatic carbocycles. The summed E-state index contributed by atoms with van der Waals surface area (Å²) in [6.45, 7) is 0. The Kier molecular flexibility index (Phi) is 3.68. The molecule has 0 spiro atoms. The maximum atomic E-state index is 12.4. The molecule has 2 unspecified atom stereocenters. The Morgan fingerprint density at radius 3 is 2.33 bits per heavy atom. The average molecular weight is 324 g/mol. The zero-order chi connectivity index (χ0) is 15.1. The fourth-order valence-electron chi connectivity index (χ4n) is 3.58. The van der Waals surface area contributed by atoms with E-state index >= 15 is 0 Å². The minimum absolute atomic E-state index is 0.0202. The molecule has 4 N–H and O–H groups in total. The normalized spacial score (nSPS) is 29.6. The Balaban J connectivity index is 2.01. The molecule has 1 amide bonds. The molecule has 2 aliphatic rings. The minimum Gasteiger partial charge on any atom is -0.370 e. The van der Waals surface area contributed by atoms with Gasteiger partial charge in [0.1, 0.15) is 0 Å². The number of carbonyl (C=O) groups excluding carboxylic acids is 1. The Morgan fingerprint density at radius 2 is 1.71 bits per heavy atom. The number of guanidine groups is 1. The van der Waals surface area contributed by atoms with Crippen LogP contribution in [0.25, 0.3) is 0 Å². The number of rotatable bonds is 2. The first-order valence-corrected chi connectivity index (χ1v) is 7.49. The Bertz CT molecular complexity index is 632. The summed E-state index contributed by atoms with van der Waals surface area (Å²) in [6, 6.07) is 5.41. The molecule has 4 atom stereocenters. The summed E-state index contributed by atoms with van der Waals surface area (Å²) in [7, 11) is 0. The van der Waals surface area contributed by atoms with Crippen molar-refractivity contribution in [3.05, 3.63) is 46.0 Å². The number of halogens is 2. The van der Waals surface area contributed by atoms with Crippen molar-refractivity contribution in [2.24, 2.45) is 34.2 Å². The zero-order valence-electron chi connectivity index (χ0n) is 11.2. The number of fused-ring (bicyclic) bond motifs is 2. The van der Waals surface area contributed by atoms with Crippen LogP contribution in [0, 0.1) is 17.8 Å². The molecule has 6 heteroatoms. The highest BCUT2D eigenvalue weighted by Gasteiger charge is 2.48. The SMILES string of the molecule is NC(N)=NC(=O)[C@@H]1C2C=CC(C2)[C@H]1c1cc(Cl)cc(Cl)c1. The Morgan fingerprint density at radius 1 is 1.10 bits per heavy atom. The molecule has 0 heterocycles. The van der Waals surface area contributed by atoms with Crippen molar-refractivity contribution in [3.8, 4) is 0 Å². The third-order valence-electron chi connectivity index (χ3n) is 4.25. The van der Waals surface area contributed by atoms with Crippen molar-refractivity contribution in [2.45, 2.75) is 12.3 Å². The van der Waals surface area contributed by atoms with Crippen LogP contribution in [-0.2, 0) is 4.79 Å². The first-order valence-electron chi connectivity index (χ1n) is 6.73. The van der Waals surface area contributed by atoms with E-state index in [0.717, 1.165) is 12.0 Å². The fraction of sp³-hybridized carbons (Fsp3) is 0.333. The van der Waals surface area contributed by atoms with E-state index in [1.807, 2.05) is 12.1 Å². The van der Waals surface area contributed by atoms with E-state index in [1.54, 1.807) is 6.07 Å². The van der Waals surface area contributed by atoms with Crippen LogP contribution in [0.1, 0.15) is 17.9 Å². The first-order chi connectivity index (χ1) is 9.95. The third-order valence-corrected chi connectivity index (χ3v) is 4.69. The second-order valence-corrected chi connectivity index (χ2v) is 6.45. The van der Waals surface area contributed by atoms with E-state index in [-0.39, 0.29) is 29.6 Å². The Hall–Kier alpha value is -1.52. The lowest BCUT2D eigenvalue weighted by molar-refractivity contribution is -0.122. The van der Waals surface area contributed by atoms with Crippen LogP contribution in [0.15, 0.2) is 35.3 Å². The van der Waals surface area contributed by atoms with Crippen LogP contribution in [0.3, 0.4) is 0 Å². The maximum absolute atomic E-state index is 12.4. The third kappa shape index (κ3) is 2.65. The summed E-state index contributed by atoms with van der Waals surface area (Å²) >= 11 is 12.2. The summed E-state index contributed by atoms with van der Waals surface area (Å²) in [5.74, 6) is -0.230. The van der Waals surface area contributed by atoms with Gasteiger partial charge in [-0.05, 0) is 42.0 Å². The van der Waals surface area contributed by atoms with Gasteiger partial charge in [0.25, 0.3) is 5.91 Å². The van der Waals surface area contributed by atoms with Crippen molar-refractivity contribution in [2.75, 3.05) is 0 Å². The van der Waals surface area contributed by atoms with Crippen molar-refractivity contribution in [1.29, 1.82) is 0 Å². The van der Waals surface area contributed by atoms with Crippen LogP contribution < -0.4 is 11.5 Å². The van der Waals surface area contributed by atoms with Crippen LogP contribution in [0.4, 0.5) is 0 Å². The molecule has 4 nitrogen and oxygen atoms in total. The van der Waals surface area contributed by atoms with Gasteiger partial charge < -0.3 is 11.5 Å². The van der Waals surface area contributed by atoms with Crippen LogP contribution in [0.2, 0.25) is 10.0 Å². The van der Waals surface area contributed by atoms with E-state index in [0.29, 0.717) is 16.0 Å². The monoisotopic (exact) mass is 323 g/mol. The molecule has 0 aromatic heterocycles. The van der Waals surface area contributed by atoms with Gasteiger partial charge in [-0.15, -0.1) is 0 Å². The molecular formula is C15H15Cl2N3O. The highest BCUT2D eigenvalue weighted by Crippen LogP contribution is 2.53. The molecule has 21 heavy (non-hydrogen) atoms. The summed E-state index contributed by atoms with van der Waals surface area (Å²) in [5.41, 5.74) is 11.6. The van der Waals surface area contributed by atoms with E-state index in [4.69, 9.17) is 34.7 Å². The van der Waals surface area contributed by atoms with Gasteiger partial charge in [-0.2, -0.15) is 4.99 Å². The predicted octanol–water partition coefficient (Wildman–Crippen LogP) is 2.70. The minimum atomic E-state index is -0.270. The number of benzene rings is 1. The first kappa shape index (κ1) is 14.4. The smallest absolute Gasteiger partial charge is 0.253 e. The van der Waals surface area contributed by atoms with E-state index < -0.39 is 0 Å². The van der Waals surface area contributed by atoms with E-state index in [1.165, 1.54) is 0 Å². The highest BCUT2D eigenvalue weighted by molar-refractivity contribution is 6.34. The molecular weight excluding hydrogens is 309 g/mol. The molecule has 0 saturated heterocycles. The summed E-state index contributed by atoms with van der Waals surface area (Å²) in [5, 5.41) is 1.13. The number of aliphatic imine (C=N–C) groups is 1. The molecule has 1 saturated carbocycles. The molecule has 110 valence electrons. The fourth-order valence-corrected chi connectivity index (χ4v) is 4.13. The number of hydrogen-bond donors (Lipinski definition) is 2. The number of allylic oxidation sites excluding steroid dienone is 2. The van der Waals surface area contributed by atoms with Crippen molar-refractivity contribution < 1.29 is 4.79 Å². The topological polar surface area (TPSA) is 81.5 Å². The highest BCUT2D eigenvalue weighted by atomic mass is 35.5. The van der Waals surface area contributed by atoms with Gasteiger partial charge in [-0.1, -0.05) is 35.4 Å². The number of carbonyl (C=O) groups is 1. The van der Waals surface area contributed by atoms with Gasteiger partial charge in [0, 0.05) is 16.0 Å². The lowest BCUT2D eigenvalue weighted by Crippen LogP contribution is -2.30. The molecule has 0 radical (unpaired) electrons. The van der Waals surface area contributed by atoms with Gasteiger partial charge in [0.2, 0.25) is 0 Å². The van der Waals surface area contributed by atoms with Gasteiger partial charge in [0.15, 0.2) is 5.96 Å². The van der Waals surface area contributed by atoms with Crippen molar-refractivity contribution in [3.63, 3.8) is 0 Å². The van der Waals surface area contributed by atoms with Crippen molar-refractivity contribution >= 4 is 35.1 Å². The van der Waals surface area contributed by atoms with Gasteiger partial charge >= 0.3 is 0 Å². The lowest BCUT2D eigenvalue weighted by atomic mass is 9.78. The lowest BCUT2D eigenvalue weighted by Gasteiger charge is -2.26. The molecule has 0 aliphatic heterocycles. The number of amides is 1. The molecule has 3 rings (SSSR count). The summed E-state index contributed by atoms with van der Waals surface area (Å²) in [4.78, 5) is 16.1. The number of nitrogens with zero attached hydrogens (tertiary/aromatic N) is 1. The molecule has 1 fully saturated rings. The van der Waals surface area contributed by atoms with Crippen molar-refractivity contribution in [1.82, 2.24) is 0 Å². The van der Waals surface area contributed by atoms with Gasteiger partial charge in [-0.25, -0.2) is 0 Å². The predicted molar refractivity (Wildman–Crippen MR) is 84.2 cm³/mol. The van der Waals surface area contributed by atoms with Crippen LogP contribution in [0.5, 0.6) is 0 Å². The largest absolute Gasteiger partial charge is 0.370 e.